The van der Waals surface area contributed by atoms with Gasteiger partial charge in [-0.05, 0) is 29.7 Å². The fourth-order valence-electron chi connectivity index (χ4n) is 1.03. The molecule has 0 aliphatic rings. The molecule has 0 saturated heterocycles. The predicted molar refractivity (Wildman–Crippen MR) is 46.9 cm³/mol. The maximum atomic E-state index is 9.22. The van der Waals surface area contributed by atoms with Gasteiger partial charge < -0.3 is 5.11 Å². The van der Waals surface area contributed by atoms with Crippen LogP contribution in [0.3, 0.4) is 0 Å². The summed E-state index contributed by atoms with van der Waals surface area (Å²) in [4.78, 5) is 0. The molecule has 2 heteroatoms. The lowest BCUT2D eigenvalue weighted by molar-refractivity contribution is 0.474. The standard InChI is InChI=1S/C10H11NO/c1-7(2)9-3-8(6-11)4-10(12)5-9/h3-5,7,12H,1-2H3. The summed E-state index contributed by atoms with van der Waals surface area (Å²) in [7, 11) is 0. The van der Waals surface area contributed by atoms with Gasteiger partial charge in [0.1, 0.15) is 5.75 Å². The van der Waals surface area contributed by atoms with Crippen LogP contribution in [-0.4, -0.2) is 5.11 Å². The van der Waals surface area contributed by atoms with Crippen molar-refractivity contribution in [3.05, 3.63) is 29.3 Å². The summed E-state index contributed by atoms with van der Waals surface area (Å²) in [5, 5.41) is 17.8. The number of phenolic OH excluding ortho intramolecular Hbond substituents is 1. The Labute approximate surface area is 72.1 Å². The topological polar surface area (TPSA) is 44.0 Å². The predicted octanol–water partition coefficient (Wildman–Crippen LogP) is 2.39. The molecule has 0 bridgehead atoms. The van der Waals surface area contributed by atoms with Gasteiger partial charge in [-0.2, -0.15) is 5.26 Å². The molecule has 2 nitrogen and oxygen atoms in total. The number of rotatable bonds is 1. The van der Waals surface area contributed by atoms with Crippen molar-refractivity contribution >= 4 is 0 Å². The molecule has 0 aromatic heterocycles. The number of hydrogen-bond acceptors (Lipinski definition) is 2. The van der Waals surface area contributed by atoms with Crippen LogP contribution in [0.25, 0.3) is 0 Å². The molecular weight excluding hydrogens is 150 g/mol. The van der Waals surface area contributed by atoms with Crippen molar-refractivity contribution in [2.24, 2.45) is 0 Å². The Morgan fingerprint density at radius 3 is 2.50 bits per heavy atom. The summed E-state index contributed by atoms with van der Waals surface area (Å²) in [6.45, 7) is 4.05. The first-order valence-corrected chi connectivity index (χ1v) is 3.87. The molecular formula is C10H11NO. The lowest BCUT2D eigenvalue weighted by Gasteiger charge is -2.05. The van der Waals surface area contributed by atoms with E-state index >= 15 is 0 Å². The van der Waals surface area contributed by atoms with E-state index in [9.17, 15) is 5.11 Å². The van der Waals surface area contributed by atoms with Crippen molar-refractivity contribution in [3.63, 3.8) is 0 Å². The van der Waals surface area contributed by atoms with Crippen molar-refractivity contribution in [2.45, 2.75) is 19.8 Å². The molecule has 0 aliphatic heterocycles. The molecule has 0 amide bonds. The van der Waals surface area contributed by atoms with Gasteiger partial charge in [-0.1, -0.05) is 13.8 Å². The summed E-state index contributed by atoms with van der Waals surface area (Å²) >= 11 is 0. The van der Waals surface area contributed by atoms with Gasteiger partial charge in [-0.3, -0.25) is 0 Å². The molecule has 0 aliphatic carbocycles. The van der Waals surface area contributed by atoms with Crippen molar-refractivity contribution in [3.8, 4) is 11.8 Å². The molecule has 1 rings (SSSR count). The molecule has 0 atom stereocenters. The zero-order chi connectivity index (χ0) is 9.14. The fraction of sp³-hybridized carbons (Fsp3) is 0.300. The van der Waals surface area contributed by atoms with E-state index in [4.69, 9.17) is 5.26 Å². The number of aromatic hydroxyl groups is 1. The van der Waals surface area contributed by atoms with E-state index in [1.165, 1.54) is 6.07 Å². The van der Waals surface area contributed by atoms with Crippen molar-refractivity contribution in [1.29, 1.82) is 5.26 Å². The van der Waals surface area contributed by atoms with Gasteiger partial charge in [0.05, 0.1) is 11.6 Å². The Balaban J connectivity index is 3.17. The molecule has 12 heavy (non-hydrogen) atoms. The largest absolute Gasteiger partial charge is 0.508 e. The average Bonchev–Trinajstić information content (AvgIpc) is 2.03. The highest BCUT2D eigenvalue weighted by Gasteiger charge is 2.02. The van der Waals surface area contributed by atoms with Crippen LogP contribution in [0.5, 0.6) is 5.75 Å². The second kappa shape index (κ2) is 3.27. The summed E-state index contributed by atoms with van der Waals surface area (Å²) in [6, 6.07) is 6.95. The van der Waals surface area contributed by atoms with Gasteiger partial charge in [0.2, 0.25) is 0 Å². The maximum Gasteiger partial charge on any atom is 0.117 e. The number of benzene rings is 1. The van der Waals surface area contributed by atoms with Gasteiger partial charge >= 0.3 is 0 Å². The van der Waals surface area contributed by atoms with Gasteiger partial charge in [0.25, 0.3) is 0 Å². The highest BCUT2D eigenvalue weighted by Crippen LogP contribution is 2.21. The van der Waals surface area contributed by atoms with Crippen LogP contribution >= 0.6 is 0 Å². The van der Waals surface area contributed by atoms with Crippen LogP contribution in [0, 0.1) is 11.3 Å². The Morgan fingerprint density at radius 2 is 2.00 bits per heavy atom. The summed E-state index contributed by atoms with van der Waals surface area (Å²) < 4.78 is 0. The zero-order valence-corrected chi connectivity index (χ0v) is 7.20. The summed E-state index contributed by atoms with van der Waals surface area (Å²) in [6.07, 6.45) is 0. The Morgan fingerprint density at radius 1 is 1.33 bits per heavy atom. The van der Waals surface area contributed by atoms with E-state index in [2.05, 4.69) is 0 Å². The first-order chi connectivity index (χ1) is 5.63. The van der Waals surface area contributed by atoms with E-state index in [0.29, 0.717) is 11.5 Å². The highest BCUT2D eigenvalue weighted by atomic mass is 16.3. The van der Waals surface area contributed by atoms with E-state index in [-0.39, 0.29) is 5.75 Å². The Kier molecular flexibility index (Phi) is 2.35. The monoisotopic (exact) mass is 161 g/mol. The van der Waals surface area contributed by atoms with Crippen LogP contribution in [0.1, 0.15) is 30.9 Å². The van der Waals surface area contributed by atoms with Gasteiger partial charge in [-0.15, -0.1) is 0 Å². The first kappa shape index (κ1) is 8.61. The van der Waals surface area contributed by atoms with Crippen molar-refractivity contribution < 1.29 is 5.11 Å². The summed E-state index contributed by atoms with van der Waals surface area (Å²) in [5.41, 5.74) is 1.50. The molecule has 0 spiro atoms. The lowest BCUT2D eigenvalue weighted by atomic mass is 10.0. The minimum atomic E-state index is 0.165. The quantitative estimate of drug-likeness (QED) is 0.687. The number of hydrogen-bond donors (Lipinski definition) is 1. The second-order valence-corrected chi connectivity index (χ2v) is 3.08. The van der Waals surface area contributed by atoms with Crippen LogP contribution in [0.15, 0.2) is 18.2 Å². The van der Waals surface area contributed by atoms with Gasteiger partial charge in [0, 0.05) is 0 Å². The van der Waals surface area contributed by atoms with E-state index < -0.39 is 0 Å². The SMILES string of the molecule is CC(C)c1cc(O)cc(C#N)c1. The highest BCUT2D eigenvalue weighted by molar-refractivity contribution is 5.40. The van der Waals surface area contributed by atoms with Crippen LogP contribution in [0.4, 0.5) is 0 Å². The molecule has 0 heterocycles. The number of nitrogens with zero attached hydrogens (tertiary/aromatic N) is 1. The van der Waals surface area contributed by atoms with Crippen molar-refractivity contribution in [2.75, 3.05) is 0 Å². The van der Waals surface area contributed by atoms with Gasteiger partial charge in [-0.25, -0.2) is 0 Å². The molecule has 0 radical (unpaired) electrons. The fourth-order valence-corrected chi connectivity index (χ4v) is 1.03. The summed E-state index contributed by atoms with van der Waals surface area (Å²) in [5.74, 6) is 0.502. The second-order valence-electron chi connectivity index (χ2n) is 3.08. The van der Waals surface area contributed by atoms with Crippen LogP contribution in [-0.2, 0) is 0 Å². The first-order valence-electron chi connectivity index (χ1n) is 3.87. The number of nitriles is 1. The van der Waals surface area contributed by atoms with E-state index in [1.807, 2.05) is 19.9 Å². The minimum absolute atomic E-state index is 0.165. The normalized spacial score (nSPS) is 9.83. The lowest BCUT2D eigenvalue weighted by Crippen LogP contribution is -1.87. The van der Waals surface area contributed by atoms with Gasteiger partial charge in [0.15, 0.2) is 0 Å². The van der Waals surface area contributed by atoms with Crippen LogP contribution in [0.2, 0.25) is 0 Å². The third-order valence-electron chi connectivity index (χ3n) is 1.74. The van der Waals surface area contributed by atoms with E-state index in [1.54, 1.807) is 12.1 Å². The molecule has 1 N–H and O–H groups in total. The zero-order valence-electron chi connectivity index (χ0n) is 7.20. The number of phenols is 1. The minimum Gasteiger partial charge on any atom is -0.508 e. The average molecular weight is 161 g/mol. The molecule has 0 fully saturated rings. The third kappa shape index (κ3) is 1.76. The maximum absolute atomic E-state index is 9.22. The Bertz CT molecular complexity index is 323. The van der Waals surface area contributed by atoms with Crippen molar-refractivity contribution in [1.82, 2.24) is 0 Å². The smallest absolute Gasteiger partial charge is 0.117 e. The molecule has 0 saturated carbocycles. The molecule has 1 aromatic carbocycles. The van der Waals surface area contributed by atoms with Crippen LogP contribution < -0.4 is 0 Å². The van der Waals surface area contributed by atoms with E-state index in [0.717, 1.165) is 5.56 Å². The molecule has 0 unspecified atom stereocenters. The molecule has 1 aromatic rings. The third-order valence-corrected chi connectivity index (χ3v) is 1.74. The Hall–Kier alpha value is -1.49. The molecule has 62 valence electrons.